The third-order valence-electron chi connectivity index (χ3n) is 10.5. The molecule has 8 nitrogen and oxygen atoms in total. The summed E-state index contributed by atoms with van der Waals surface area (Å²) in [4.78, 5) is 41.9. The van der Waals surface area contributed by atoms with E-state index in [9.17, 15) is 19.8 Å². The Labute approximate surface area is 339 Å². The third-order valence-corrected chi connectivity index (χ3v) is 10.5. The number of hydrogen-bond acceptors (Lipinski definition) is 4. The standard InChI is InChI=1S/C51H36N4O4/c1-29-4-11-33(12-5-29)47-41-20-18-39(52-41)38(17-10-32-26-36(50(56)57)28-37(27-32)51(58)59)40-19-21-42(53-40)48(34-13-6-30(2)7-14-34)44-23-25-46(55-44)49(45-24-22-43(47)54-45)35-15-8-31(3)9-16-35/h4-9,11-16,18-28,52,55H,1-3H3,(H,56,57)(H,58,59). The van der Waals surface area contributed by atoms with Crippen molar-refractivity contribution in [1.29, 1.82) is 0 Å². The first-order valence-corrected chi connectivity index (χ1v) is 19.1. The van der Waals surface area contributed by atoms with Crippen LogP contribution in [0.25, 0.3) is 79.8 Å². The molecular weight excluding hydrogens is 733 g/mol. The predicted molar refractivity (Wildman–Crippen MR) is 236 cm³/mol. The molecule has 0 aliphatic carbocycles. The summed E-state index contributed by atoms with van der Waals surface area (Å²) in [6.07, 6.45) is 8.01. The van der Waals surface area contributed by atoms with Crippen LogP contribution in [-0.2, 0) is 0 Å². The number of hydrogen-bond donors (Lipinski definition) is 4. The number of benzene rings is 4. The molecule has 59 heavy (non-hydrogen) atoms. The lowest BCUT2D eigenvalue weighted by Gasteiger charge is -2.07. The highest BCUT2D eigenvalue weighted by Crippen LogP contribution is 2.37. The summed E-state index contributed by atoms with van der Waals surface area (Å²) in [6, 6.07) is 37.2. The van der Waals surface area contributed by atoms with Crippen LogP contribution >= 0.6 is 0 Å². The van der Waals surface area contributed by atoms with Gasteiger partial charge in [-0.1, -0.05) is 101 Å². The van der Waals surface area contributed by atoms with Crippen molar-refractivity contribution < 1.29 is 19.8 Å². The van der Waals surface area contributed by atoms with Gasteiger partial charge in [0.25, 0.3) is 0 Å². The molecule has 0 spiro atoms. The first-order chi connectivity index (χ1) is 28.6. The SMILES string of the molecule is Cc1ccc(-c2c3nc(c(-c4ccc(C)cc4)c4ccc([nH]4)c(-c4ccc(C)cc4)c4nc(c(C#Cc5cc(C(=O)O)cc(C(=O)O)c5)c5ccc2[nH]5)C=C4)C=C3)cc1. The Morgan fingerprint density at radius 1 is 0.458 bits per heavy atom. The lowest BCUT2D eigenvalue weighted by Crippen LogP contribution is -2.03. The van der Waals surface area contributed by atoms with Crippen molar-refractivity contribution in [2.24, 2.45) is 0 Å². The van der Waals surface area contributed by atoms with E-state index in [4.69, 9.17) is 9.97 Å². The average molecular weight is 769 g/mol. The van der Waals surface area contributed by atoms with Gasteiger partial charge in [0.2, 0.25) is 0 Å². The minimum atomic E-state index is -1.25. The maximum Gasteiger partial charge on any atom is 0.335 e. The Bertz CT molecular complexity index is 3100. The first kappa shape index (κ1) is 36.6. The van der Waals surface area contributed by atoms with Gasteiger partial charge in [-0.25, -0.2) is 19.6 Å². The number of aromatic nitrogens is 4. The Morgan fingerprint density at radius 3 is 1.22 bits per heavy atom. The van der Waals surface area contributed by atoms with E-state index in [2.05, 4.69) is 140 Å². The van der Waals surface area contributed by atoms with Crippen LogP contribution in [-0.4, -0.2) is 42.1 Å². The smallest absolute Gasteiger partial charge is 0.335 e. The molecule has 4 N–H and O–H groups in total. The van der Waals surface area contributed by atoms with Gasteiger partial charge in [-0.05, 0) is 104 Å². The van der Waals surface area contributed by atoms with Crippen molar-refractivity contribution in [3.05, 3.63) is 177 Å². The molecule has 2 aliphatic heterocycles. The van der Waals surface area contributed by atoms with E-state index in [1.807, 2.05) is 24.3 Å². The van der Waals surface area contributed by atoms with E-state index in [1.165, 1.54) is 12.1 Å². The summed E-state index contributed by atoms with van der Waals surface area (Å²) in [6.45, 7) is 6.19. The molecule has 3 aromatic heterocycles. The topological polar surface area (TPSA) is 132 Å². The molecule has 0 amide bonds. The van der Waals surface area contributed by atoms with E-state index in [1.54, 1.807) is 0 Å². The Morgan fingerprint density at radius 2 is 0.814 bits per heavy atom. The minimum Gasteiger partial charge on any atom is -0.478 e. The quantitative estimate of drug-likeness (QED) is 0.129. The van der Waals surface area contributed by atoms with Crippen LogP contribution in [0, 0.1) is 32.6 Å². The van der Waals surface area contributed by atoms with Crippen LogP contribution in [0.2, 0.25) is 0 Å². The number of aromatic amines is 2. The zero-order valence-corrected chi connectivity index (χ0v) is 32.4. The number of fused-ring (bicyclic) bond motifs is 8. The Balaban J connectivity index is 1.42. The van der Waals surface area contributed by atoms with E-state index in [0.29, 0.717) is 22.5 Å². The van der Waals surface area contributed by atoms with Gasteiger partial charge in [0.05, 0.1) is 45.0 Å². The number of carboxylic acids is 2. The monoisotopic (exact) mass is 768 g/mol. The molecule has 0 radical (unpaired) electrons. The molecule has 2 aliphatic rings. The zero-order valence-electron chi connectivity index (χ0n) is 32.4. The molecule has 5 heterocycles. The number of carboxylic acid groups (broad SMARTS) is 2. The summed E-state index contributed by atoms with van der Waals surface area (Å²) in [5.74, 6) is 3.83. The summed E-state index contributed by atoms with van der Waals surface area (Å²) >= 11 is 0. The molecule has 0 atom stereocenters. The summed E-state index contributed by atoms with van der Waals surface area (Å²) in [5.41, 5.74) is 15.7. The molecule has 9 rings (SSSR count). The molecular formula is C51H36N4O4. The van der Waals surface area contributed by atoms with Crippen LogP contribution in [0.4, 0.5) is 0 Å². The second-order valence-corrected chi connectivity index (χ2v) is 14.8. The maximum absolute atomic E-state index is 12.0. The molecule has 8 heteroatoms. The minimum absolute atomic E-state index is 0.169. The number of nitrogens with zero attached hydrogens (tertiary/aromatic N) is 2. The molecule has 0 unspecified atom stereocenters. The van der Waals surface area contributed by atoms with Gasteiger partial charge in [-0.3, -0.25) is 0 Å². The Kier molecular flexibility index (Phi) is 9.19. The van der Waals surface area contributed by atoms with Crippen LogP contribution in [0.15, 0.2) is 115 Å². The van der Waals surface area contributed by atoms with Crippen LogP contribution < -0.4 is 0 Å². The van der Waals surface area contributed by atoms with Crippen molar-refractivity contribution in [2.45, 2.75) is 20.8 Å². The fourth-order valence-electron chi connectivity index (χ4n) is 7.49. The van der Waals surface area contributed by atoms with Crippen LogP contribution in [0.3, 0.4) is 0 Å². The molecule has 8 bridgehead atoms. The molecule has 0 saturated heterocycles. The average Bonchev–Trinajstić information content (AvgIpc) is 4.08. The van der Waals surface area contributed by atoms with Crippen LogP contribution in [0.1, 0.15) is 71.3 Å². The zero-order chi connectivity index (χ0) is 40.8. The summed E-state index contributed by atoms with van der Waals surface area (Å²) in [7, 11) is 0. The van der Waals surface area contributed by atoms with Crippen molar-refractivity contribution in [3.63, 3.8) is 0 Å². The van der Waals surface area contributed by atoms with Gasteiger partial charge in [-0.15, -0.1) is 0 Å². The fourth-order valence-corrected chi connectivity index (χ4v) is 7.49. The summed E-state index contributed by atoms with van der Waals surface area (Å²) in [5, 5.41) is 19.5. The predicted octanol–water partition coefficient (Wildman–Crippen LogP) is 11.4. The van der Waals surface area contributed by atoms with Gasteiger partial charge in [0, 0.05) is 38.8 Å². The van der Waals surface area contributed by atoms with Gasteiger partial charge in [-0.2, -0.15) is 0 Å². The number of aromatic carboxylic acids is 2. The van der Waals surface area contributed by atoms with Gasteiger partial charge in [0.1, 0.15) is 0 Å². The maximum atomic E-state index is 12.0. The number of nitrogens with one attached hydrogen (secondary N) is 2. The van der Waals surface area contributed by atoms with Gasteiger partial charge >= 0.3 is 11.9 Å². The molecule has 284 valence electrons. The van der Waals surface area contributed by atoms with E-state index in [-0.39, 0.29) is 16.7 Å². The van der Waals surface area contributed by atoms with E-state index in [0.717, 1.165) is 84.1 Å². The lowest BCUT2D eigenvalue weighted by molar-refractivity contribution is 0.0696. The van der Waals surface area contributed by atoms with Crippen molar-refractivity contribution in [3.8, 4) is 45.2 Å². The van der Waals surface area contributed by atoms with Gasteiger partial charge in [0.15, 0.2) is 0 Å². The van der Waals surface area contributed by atoms with Crippen molar-refractivity contribution in [2.75, 3.05) is 0 Å². The van der Waals surface area contributed by atoms with Crippen molar-refractivity contribution >= 4 is 58.3 Å². The van der Waals surface area contributed by atoms with Crippen molar-refractivity contribution in [1.82, 2.24) is 19.9 Å². The fraction of sp³-hybridized carbons (Fsp3) is 0.0588. The molecule has 0 fully saturated rings. The summed E-state index contributed by atoms with van der Waals surface area (Å²) < 4.78 is 0. The molecule has 4 aromatic carbocycles. The molecule has 7 aromatic rings. The highest BCUT2D eigenvalue weighted by molar-refractivity contribution is 5.98. The van der Waals surface area contributed by atoms with E-state index >= 15 is 0 Å². The number of H-pyrrole nitrogens is 2. The second-order valence-electron chi connectivity index (χ2n) is 14.8. The van der Waals surface area contributed by atoms with Gasteiger partial charge < -0.3 is 20.2 Å². The normalized spacial score (nSPS) is 11.6. The Hall–Kier alpha value is -8.02. The number of rotatable bonds is 5. The molecule has 0 saturated carbocycles. The number of carbonyl (C=O) groups is 2. The number of aryl methyl sites for hydroxylation is 3. The highest BCUT2D eigenvalue weighted by atomic mass is 16.4. The second kappa shape index (κ2) is 14.8. The van der Waals surface area contributed by atoms with E-state index < -0.39 is 11.9 Å². The highest BCUT2D eigenvalue weighted by Gasteiger charge is 2.18. The third kappa shape index (κ3) is 7.14. The first-order valence-electron chi connectivity index (χ1n) is 19.1. The lowest BCUT2D eigenvalue weighted by atomic mass is 10.0. The largest absolute Gasteiger partial charge is 0.478 e. The van der Waals surface area contributed by atoms with Crippen LogP contribution in [0.5, 0.6) is 0 Å².